The molecule has 0 saturated carbocycles. The Hall–Kier alpha value is -1.85. The second-order valence-corrected chi connectivity index (χ2v) is 7.00. The summed E-state index contributed by atoms with van der Waals surface area (Å²) in [5.74, 6) is -0.00749. The molecule has 0 fully saturated rings. The number of carbonyl (C=O) groups excluding carboxylic acids is 1. The molecule has 0 radical (unpaired) electrons. The third-order valence-electron chi connectivity index (χ3n) is 3.50. The SMILES string of the molecule is CSC(C)C(=O)Nc1nc(-c2ccc3ccccc3c2)cs1. The molecule has 0 aliphatic carbocycles. The molecule has 3 rings (SSSR count). The van der Waals surface area contributed by atoms with E-state index < -0.39 is 0 Å². The average molecular weight is 328 g/mol. The predicted molar refractivity (Wildman–Crippen MR) is 96.7 cm³/mol. The standard InChI is InChI=1S/C17H16N2OS2/c1-11(21-2)16(20)19-17-18-15(10-22-17)14-8-7-12-5-3-4-6-13(12)9-14/h3-11H,1-2H3,(H,18,19,20). The molecule has 112 valence electrons. The van der Waals surface area contributed by atoms with Gasteiger partial charge in [0.25, 0.3) is 0 Å². The summed E-state index contributed by atoms with van der Waals surface area (Å²) in [7, 11) is 0. The largest absolute Gasteiger partial charge is 0.301 e. The quantitative estimate of drug-likeness (QED) is 0.758. The molecule has 22 heavy (non-hydrogen) atoms. The van der Waals surface area contributed by atoms with Gasteiger partial charge in [-0.15, -0.1) is 11.3 Å². The number of thioether (sulfide) groups is 1. The van der Waals surface area contributed by atoms with E-state index in [1.54, 1.807) is 0 Å². The van der Waals surface area contributed by atoms with Crippen LogP contribution in [0, 0.1) is 0 Å². The minimum atomic E-state index is -0.0759. The van der Waals surface area contributed by atoms with Crippen LogP contribution in [0.1, 0.15) is 6.92 Å². The van der Waals surface area contributed by atoms with E-state index >= 15 is 0 Å². The molecule has 3 aromatic rings. The van der Waals surface area contributed by atoms with Crippen LogP contribution in [0.2, 0.25) is 0 Å². The molecule has 1 unspecified atom stereocenters. The van der Waals surface area contributed by atoms with Crippen LogP contribution in [-0.4, -0.2) is 22.4 Å². The highest BCUT2D eigenvalue weighted by atomic mass is 32.2. The molecule has 1 aromatic heterocycles. The van der Waals surface area contributed by atoms with Crippen molar-refractivity contribution in [3.63, 3.8) is 0 Å². The monoisotopic (exact) mass is 328 g/mol. The Bertz CT molecular complexity index is 813. The maximum atomic E-state index is 11.9. The topological polar surface area (TPSA) is 42.0 Å². The smallest absolute Gasteiger partial charge is 0.238 e. The Labute approximate surface area is 137 Å². The highest BCUT2D eigenvalue weighted by Crippen LogP contribution is 2.28. The molecule has 2 aromatic carbocycles. The number of carbonyl (C=O) groups is 1. The molecular weight excluding hydrogens is 312 g/mol. The van der Waals surface area contributed by atoms with Gasteiger partial charge in [-0.3, -0.25) is 4.79 Å². The first-order chi connectivity index (χ1) is 10.7. The van der Waals surface area contributed by atoms with E-state index in [9.17, 15) is 4.79 Å². The summed E-state index contributed by atoms with van der Waals surface area (Å²) >= 11 is 2.98. The summed E-state index contributed by atoms with van der Waals surface area (Å²) in [6, 6.07) is 14.5. The molecule has 0 aliphatic rings. The maximum Gasteiger partial charge on any atom is 0.238 e. The normalized spacial score (nSPS) is 12.3. The number of nitrogens with zero attached hydrogens (tertiary/aromatic N) is 1. The number of anilines is 1. The van der Waals surface area contributed by atoms with Crippen molar-refractivity contribution in [1.29, 1.82) is 0 Å². The number of rotatable bonds is 4. The number of benzene rings is 2. The maximum absolute atomic E-state index is 11.9. The summed E-state index contributed by atoms with van der Waals surface area (Å²) in [5, 5.41) is 7.82. The second-order valence-electron chi connectivity index (χ2n) is 4.97. The van der Waals surface area contributed by atoms with E-state index in [-0.39, 0.29) is 11.2 Å². The molecular formula is C17H16N2OS2. The van der Waals surface area contributed by atoms with E-state index in [0.29, 0.717) is 5.13 Å². The van der Waals surface area contributed by atoms with Gasteiger partial charge < -0.3 is 5.32 Å². The van der Waals surface area contributed by atoms with Gasteiger partial charge in [0.2, 0.25) is 5.91 Å². The van der Waals surface area contributed by atoms with Crippen LogP contribution in [0.25, 0.3) is 22.0 Å². The van der Waals surface area contributed by atoms with Crippen LogP contribution in [-0.2, 0) is 4.79 Å². The van der Waals surface area contributed by atoms with Gasteiger partial charge in [-0.05, 0) is 30.0 Å². The van der Waals surface area contributed by atoms with Crippen molar-refractivity contribution in [3.05, 3.63) is 47.8 Å². The number of aromatic nitrogens is 1. The second kappa shape index (κ2) is 6.50. The lowest BCUT2D eigenvalue weighted by atomic mass is 10.1. The first-order valence-electron chi connectivity index (χ1n) is 6.96. The van der Waals surface area contributed by atoms with Crippen LogP contribution >= 0.6 is 23.1 Å². The molecule has 1 atom stereocenters. The van der Waals surface area contributed by atoms with Gasteiger partial charge in [0.05, 0.1) is 10.9 Å². The van der Waals surface area contributed by atoms with Gasteiger partial charge in [-0.1, -0.05) is 36.4 Å². The van der Waals surface area contributed by atoms with E-state index in [2.05, 4.69) is 40.6 Å². The zero-order chi connectivity index (χ0) is 15.5. The summed E-state index contributed by atoms with van der Waals surface area (Å²) in [5.41, 5.74) is 1.95. The van der Waals surface area contributed by atoms with E-state index in [1.165, 1.54) is 33.9 Å². The van der Waals surface area contributed by atoms with Crippen molar-refractivity contribution >= 4 is 44.9 Å². The molecule has 0 saturated heterocycles. The minimum Gasteiger partial charge on any atom is -0.301 e. The van der Waals surface area contributed by atoms with E-state index in [0.717, 1.165) is 11.3 Å². The number of hydrogen-bond donors (Lipinski definition) is 1. The predicted octanol–water partition coefficient (Wildman–Crippen LogP) is 4.65. The van der Waals surface area contributed by atoms with Crippen LogP contribution in [0.4, 0.5) is 5.13 Å². The fourth-order valence-corrected chi connectivity index (χ4v) is 3.12. The fourth-order valence-electron chi connectivity index (χ4n) is 2.13. The summed E-state index contributed by atoms with van der Waals surface area (Å²) in [6.07, 6.45) is 1.92. The average Bonchev–Trinajstić information content (AvgIpc) is 3.02. The van der Waals surface area contributed by atoms with Crippen molar-refractivity contribution < 1.29 is 4.79 Å². The number of nitrogens with one attached hydrogen (secondary N) is 1. The lowest BCUT2D eigenvalue weighted by molar-refractivity contribution is -0.115. The third kappa shape index (κ3) is 3.15. The van der Waals surface area contributed by atoms with Gasteiger partial charge in [0.15, 0.2) is 5.13 Å². The minimum absolute atomic E-state index is 0.00749. The fraction of sp³-hybridized carbons (Fsp3) is 0.176. The highest BCUT2D eigenvalue weighted by molar-refractivity contribution is 7.99. The number of fused-ring (bicyclic) bond motifs is 1. The number of thiazole rings is 1. The van der Waals surface area contributed by atoms with Crippen molar-refractivity contribution in [2.24, 2.45) is 0 Å². The number of amides is 1. The molecule has 1 N–H and O–H groups in total. The Balaban J connectivity index is 1.84. The van der Waals surface area contributed by atoms with Gasteiger partial charge in [-0.2, -0.15) is 11.8 Å². The van der Waals surface area contributed by atoms with E-state index in [4.69, 9.17) is 0 Å². The Morgan fingerprint density at radius 3 is 2.77 bits per heavy atom. The van der Waals surface area contributed by atoms with Gasteiger partial charge in [-0.25, -0.2) is 4.98 Å². The molecule has 0 spiro atoms. The first-order valence-corrected chi connectivity index (χ1v) is 9.12. The van der Waals surface area contributed by atoms with Crippen LogP contribution < -0.4 is 5.32 Å². The Morgan fingerprint density at radius 2 is 2.00 bits per heavy atom. The first kappa shape index (κ1) is 15.1. The Morgan fingerprint density at radius 1 is 1.23 bits per heavy atom. The van der Waals surface area contributed by atoms with Crippen molar-refractivity contribution in [3.8, 4) is 11.3 Å². The lowest BCUT2D eigenvalue weighted by Gasteiger charge is -2.06. The van der Waals surface area contributed by atoms with Crippen LogP contribution in [0.5, 0.6) is 0 Å². The third-order valence-corrected chi connectivity index (χ3v) is 5.18. The van der Waals surface area contributed by atoms with Gasteiger partial charge >= 0.3 is 0 Å². The highest BCUT2D eigenvalue weighted by Gasteiger charge is 2.13. The Kier molecular flexibility index (Phi) is 4.45. The zero-order valence-corrected chi connectivity index (χ0v) is 14.0. The molecule has 3 nitrogen and oxygen atoms in total. The molecule has 0 bridgehead atoms. The van der Waals surface area contributed by atoms with Crippen molar-refractivity contribution in [2.45, 2.75) is 12.2 Å². The van der Waals surface area contributed by atoms with Gasteiger partial charge in [0, 0.05) is 10.9 Å². The molecule has 0 aliphatic heterocycles. The van der Waals surface area contributed by atoms with E-state index in [1.807, 2.05) is 30.7 Å². The van der Waals surface area contributed by atoms with Crippen LogP contribution in [0.3, 0.4) is 0 Å². The molecule has 5 heteroatoms. The lowest BCUT2D eigenvalue weighted by Crippen LogP contribution is -2.21. The van der Waals surface area contributed by atoms with Crippen LogP contribution in [0.15, 0.2) is 47.8 Å². The summed E-state index contributed by atoms with van der Waals surface area (Å²) in [4.78, 5) is 16.4. The summed E-state index contributed by atoms with van der Waals surface area (Å²) < 4.78 is 0. The summed E-state index contributed by atoms with van der Waals surface area (Å²) in [6.45, 7) is 1.89. The molecule has 1 heterocycles. The van der Waals surface area contributed by atoms with Crippen molar-refractivity contribution in [1.82, 2.24) is 4.98 Å². The molecule has 1 amide bonds. The number of hydrogen-bond acceptors (Lipinski definition) is 4. The zero-order valence-electron chi connectivity index (χ0n) is 12.4. The van der Waals surface area contributed by atoms with Crippen molar-refractivity contribution in [2.75, 3.05) is 11.6 Å². The van der Waals surface area contributed by atoms with Gasteiger partial charge in [0.1, 0.15) is 0 Å².